The van der Waals surface area contributed by atoms with Gasteiger partial charge in [0.25, 0.3) is 0 Å². The minimum absolute atomic E-state index is 0.242. The second-order valence-corrected chi connectivity index (χ2v) is 25.3. The monoisotopic (exact) mass is 1300 g/mol. The SMILES string of the molecule is CC/C=C\C/C=C\C/C=C\C/C=C\C/C=C\C/C=C\C/C=C\C/C=C\C/C=C\CCCCCCCC(=O)NC(COC1OC(CO)C(OC2OC(CO)C(O)C(O)C2O)C(O)C1O)C(O)/C=C/CC/C=C/CCCCCCCCCCCCCCCCCCCCCC. The Labute approximate surface area is 564 Å². The Bertz CT molecular complexity index is 2070. The smallest absolute Gasteiger partial charge is 0.220 e. The van der Waals surface area contributed by atoms with Crippen molar-refractivity contribution in [3.63, 3.8) is 0 Å². The predicted molar refractivity (Wildman–Crippen MR) is 382 cm³/mol. The van der Waals surface area contributed by atoms with Crippen molar-refractivity contribution in [3.05, 3.63) is 134 Å². The van der Waals surface area contributed by atoms with E-state index in [-0.39, 0.29) is 18.9 Å². The number of unbranched alkanes of at least 4 members (excludes halogenated alkanes) is 26. The number of hydrogen-bond acceptors (Lipinski definition) is 13. The first-order valence-corrected chi connectivity index (χ1v) is 36.9. The second kappa shape index (κ2) is 61.7. The Kier molecular flexibility index (Phi) is 56.5. The number of carbonyl (C=O) groups excluding carboxylic acids is 1. The highest BCUT2D eigenvalue weighted by Gasteiger charge is 2.51. The van der Waals surface area contributed by atoms with E-state index >= 15 is 0 Å². The largest absolute Gasteiger partial charge is 0.394 e. The van der Waals surface area contributed by atoms with Crippen LogP contribution in [0.2, 0.25) is 0 Å². The maximum Gasteiger partial charge on any atom is 0.220 e. The van der Waals surface area contributed by atoms with Crippen LogP contribution in [0.15, 0.2) is 134 Å². The Hall–Kier alpha value is -3.87. The van der Waals surface area contributed by atoms with Crippen molar-refractivity contribution in [2.45, 2.75) is 338 Å². The zero-order valence-corrected chi connectivity index (χ0v) is 57.9. The molecule has 12 atom stereocenters. The molecule has 14 nitrogen and oxygen atoms in total. The first kappa shape index (κ1) is 85.2. The number of rotatable bonds is 59. The second-order valence-electron chi connectivity index (χ2n) is 25.3. The lowest BCUT2D eigenvalue weighted by Gasteiger charge is -2.46. The molecular weight excluding hydrogens is 1170 g/mol. The lowest BCUT2D eigenvalue weighted by molar-refractivity contribution is -0.359. The maximum absolute atomic E-state index is 13.3. The van der Waals surface area contributed by atoms with Crippen LogP contribution in [0, 0.1) is 0 Å². The molecule has 2 rings (SSSR count). The highest BCUT2D eigenvalue weighted by atomic mass is 16.7. The van der Waals surface area contributed by atoms with Gasteiger partial charge in [0, 0.05) is 6.42 Å². The molecule has 0 aromatic rings. The number of carbonyl (C=O) groups is 1. The Morgan fingerprint density at radius 3 is 1.18 bits per heavy atom. The van der Waals surface area contributed by atoms with E-state index in [0.29, 0.717) is 12.8 Å². The van der Waals surface area contributed by atoms with Crippen LogP contribution in [0.25, 0.3) is 0 Å². The molecule has 1 amide bonds. The topological polar surface area (TPSA) is 228 Å². The standard InChI is InChI=1S/C79H133NO13/c1-3-5-7-9-11-13-15-17-19-21-23-25-27-29-31-32-33-34-35-36-37-39-41-43-45-47-49-51-53-55-57-59-61-63-71(84)80-67(66-90-78-76(89)74(87)77(70(65-82)92-78)93-79-75(88)73(86)72(85)69(64-81)91-79)68(83)62-60-58-56-54-52-50-48-46-44-42-40-38-30-28-26-24-22-20-18-16-14-12-10-8-6-4-2/h5,7,11,13,17,19,23,25,29,31,33-34,36-37,41,43,47,49,52,54,60,62,67-70,72-79,81-83,85-89H,3-4,6,8-10,12,14-16,18,20-22,24,26-28,30,32,35,38-40,42,44-46,48,50-51,53,55-59,61,63-66H2,1-2H3,(H,80,84)/b7-5-,13-11-,19-17-,25-23-,31-29-,34-33-,37-36-,43-41-,49-47-,54-52+,62-60+. The number of aliphatic hydroxyl groups is 8. The van der Waals surface area contributed by atoms with E-state index in [2.05, 4.69) is 141 Å². The normalized spacial score (nSPS) is 23.4. The Morgan fingerprint density at radius 2 is 0.753 bits per heavy atom. The molecule has 0 aromatic carbocycles. The quantitative estimate of drug-likeness (QED) is 0.0204. The fraction of sp³-hybridized carbons (Fsp3) is 0.709. The van der Waals surface area contributed by atoms with Gasteiger partial charge in [0.1, 0.15) is 48.8 Å². The first-order valence-electron chi connectivity index (χ1n) is 36.9. The van der Waals surface area contributed by atoms with Crippen LogP contribution in [-0.2, 0) is 23.7 Å². The van der Waals surface area contributed by atoms with Gasteiger partial charge in [-0.3, -0.25) is 4.79 Å². The highest BCUT2D eigenvalue weighted by molar-refractivity contribution is 5.76. The number of aliphatic hydroxyl groups excluding tert-OH is 8. The molecule has 0 spiro atoms. The molecule has 0 aromatic heterocycles. The van der Waals surface area contributed by atoms with Gasteiger partial charge >= 0.3 is 0 Å². The van der Waals surface area contributed by atoms with Crippen LogP contribution >= 0.6 is 0 Å². The zero-order chi connectivity index (χ0) is 67.3. The first-order chi connectivity index (χ1) is 45.6. The van der Waals surface area contributed by atoms with Gasteiger partial charge in [-0.25, -0.2) is 0 Å². The summed E-state index contributed by atoms with van der Waals surface area (Å²) in [6.45, 7) is 2.67. The van der Waals surface area contributed by atoms with E-state index in [0.717, 1.165) is 103 Å². The maximum atomic E-state index is 13.3. The van der Waals surface area contributed by atoms with E-state index in [4.69, 9.17) is 18.9 Å². The van der Waals surface area contributed by atoms with E-state index in [1.54, 1.807) is 6.08 Å². The Balaban J connectivity index is 1.70. The van der Waals surface area contributed by atoms with Gasteiger partial charge in [-0.1, -0.05) is 289 Å². The van der Waals surface area contributed by atoms with E-state index < -0.39 is 86.8 Å². The Morgan fingerprint density at radius 1 is 0.398 bits per heavy atom. The van der Waals surface area contributed by atoms with Crippen molar-refractivity contribution in [2.75, 3.05) is 19.8 Å². The van der Waals surface area contributed by atoms with Crippen LogP contribution in [0.3, 0.4) is 0 Å². The number of ether oxygens (including phenoxy) is 4. The predicted octanol–water partition coefficient (Wildman–Crippen LogP) is 15.8. The van der Waals surface area contributed by atoms with E-state index in [9.17, 15) is 45.6 Å². The van der Waals surface area contributed by atoms with Crippen LogP contribution in [0.1, 0.15) is 264 Å². The summed E-state index contributed by atoms with van der Waals surface area (Å²) in [7, 11) is 0. The molecule has 2 fully saturated rings. The van der Waals surface area contributed by atoms with Crippen LogP contribution in [0.5, 0.6) is 0 Å². The van der Waals surface area contributed by atoms with Crippen LogP contribution in [0.4, 0.5) is 0 Å². The molecule has 9 N–H and O–H groups in total. The third-order valence-corrected chi connectivity index (χ3v) is 17.1. The molecule has 0 aliphatic carbocycles. The minimum Gasteiger partial charge on any atom is -0.394 e. The number of allylic oxidation sites excluding steroid dienone is 21. The lowest BCUT2D eigenvalue weighted by Crippen LogP contribution is -2.65. The van der Waals surface area contributed by atoms with Gasteiger partial charge < -0.3 is 65.1 Å². The molecule has 0 saturated carbocycles. The molecule has 12 unspecified atom stereocenters. The van der Waals surface area contributed by atoms with Crippen molar-refractivity contribution in [1.29, 1.82) is 0 Å². The molecule has 93 heavy (non-hydrogen) atoms. The van der Waals surface area contributed by atoms with Crippen LogP contribution in [-0.4, -0.2) is 140 Å². The number of amides is 1. The summed E-state index contributed by atoms with van der Waals surface area (Å²) in [4.78, 5) is 13.3. The minimum atomic E-state index is -1.80. The van der Waals surface area contributed by atoms with Gasteiger partial charge in [-0.05, 0) is 103 Å². The summed E-state index contributed by atoms with van der Waals surface area (Å²) >= 11 is 0. The van der Waals surface area contributed by atoms with Gasteiger partial charge in [-0.15, -0.1) is 0 Å². The lowest BCUT2D eigenvalue weighted by atomic mass is 9.97. The molecule has 2 saturated heterocycles. The molecule has 0 bridgehead atoms. The summed E-state index contributed by atoms with van der Waals surface area (Å²) in [5.74, 6) is -0.272. The summed E-state index contributed by atoms with van der Waals surface area (Å²) in [6, 6.07) is -0.954. The van der Waals surface area contributed by atoms with Gasteiger partial charge in [0.2, 0.25) is 5.91 Å². The summed E-state index contributed by atoms with van der Waals surface area (Å²) in [5, 5.41) is 87.5. The average Bonchev–Trinajstić information content (AvgIpc) is 0.852. The fourth-order valence-corrected chi connectivity index (χ4v) is 11.2. The number of hydrogen-bond donors (Lipinski definition) is 9. The zero-order valence-electron chi connectivity index (χ0n) is 57.9. The third-order valence-electron chi connectivity index (χ3n) is 17.1. The van der Waals surface area contributed by atoms with Gasteiger partial charge in [-0.2, -0.15) is 0 Å². The third kappa shape index (κ3) is 45.3. The van der Waals surface area contributed by atoms with Crippen molar-refractivity contribution < 1.29 is 64.6 Å². The van der Waals surface area contributed by atoms with Crippen molar-refractivity contribution in [2.24, 2.45) is 0 Å². The van der Waals surface area contributed by atoms with E-state index in [1.165, 1.54) is 128 Å². The highest BCUT2D eigenvalue weighted by Crippen LogP contribution is 2.30. The summed E-state index contributed by atoms with van der Waals surface area (Å²) in [6.07, 6.45) is 75.0. The molecule has 2 aliphatic heterocycles. The summed E-state index contributed by atoms with van der Waals surface area (Å²) < 4.78 is 22.8. The molecular formula is C79H133NO13. The average molecular weight is 1300 g/mol. The fourth-order valence-electron chi connectivity index (χ4n) is 11.2. The van der Waals surface area contributed by atoms with Crippen molar-refractivity contribution in [3.8, 4) is 0 Å². The van der Waals surface area contributed by atoms with Crippen molar-refractivity contribution in [1.82, 2.24) is 5.32 Å². The molecule has 2 heterocycles. The summed E-state index contributed by atoms with van der Waals surface area (Å²) in [5.41, 5.74) is 0. The number of nitrogens with one attached hydrogen (secondary N) is 1. The van der Waals surface area contributed by atoms with Gasteiger partial charge in [0.05, 0.1) is 32.0 Å². The van der Waals surface area contributed by atoms with Crippen LogP contribution < -0.4 is 5.32 Å². The molecule has 532 valence electrons. The molecule has 2 aliphatic rings. The molecule has 14 heteroatoms. The molecule has 0 radical (unpaired) electrons. The van der Waals surface area contributed by atoms with E-state index in [1.807, 2.05) is 6.08 Å². The van der Waals surface area contributed by atoms with Crippen molar-refractivity contribution >= 4 is 5.91 Å². The van der Waals surface area contributed by atoms with Gasteiger partial charge in [0.15, 0.2) is 12.6 Å².